The molecule has 0 radical (unpaired) electrons. The van der Waals surface area contributed by atoms with Crippen LogP contribution in [0.2, 0.25) is 0 Å². The van der Waals surface area contributed by atoms with Gasteiger partial charge in [0.2, 0.25) is 0 Å². The van der Waals surface area contributed by atoms with E-state index >= 15 is 0 Å². The standard InChI is InChI=1S/C68H58N4O8/c1-37(2)71-61(77)47-26-17-38(31-49(47)63(71)79)59(75)69-43-23-19-40(20-24-43)67(8)36-66(6,7)53-28-25-44(35-54(53)67)70-60(76)39-18-27-48-50(32-39)64(80)72(62(48)78)56-34-42(22-30-58(56)74)68(41-21-29-57(73)55(33-41)65(3,4)5)51-15-11-9-13-45(51)46-14-10-12-16-52(46)68/h9-35,37,73-74H,36H2,1-8H3,(H,69,75)(H,70,76). The number of rotatable bonds is 9. The maximum absolute atomic E-state index is 14.7. The van der Waals surface area contributed by atoms with Crippen LogP contribution in [0.4, 0.5) is 17.1 Å². The molecule has 0 bridgehead atoms. The predicted octanol–water partition coefficient (Wildman–Crippen LogP) is 13.1. The smallest absolute Gasteiger partial charge is 0.266 e. The molecule has 0 aromatic heterocycles. The molecule has 0 saturated heterocycles. The molecule has 80 heavy (non-hydrogen) atoms. The number of anilines is 3. The highest BCUT2D eigenvalue weighted by Crippen LogP contribution is 2.58. The molecule has 0 saturated carbocycles. The minimum atomic E-state index is -1.00. The number of nitrogens with one attached hydrogen (secondary N) is 2. The molecule has 8 aromatic carbocycles. The molecule has 2 aliphatic carbocycles. The zero-order chi connectivity index (χ0) is 56.5. The van der Waals surface area contributed by atoms with E-state index < -0.39 is 45.8 Å². The maximum Gasteiger partial charge on any atom is 0.266 e. The summed E-state index contributed by atoms with van der Waals surface area (Å²) in [5.41, 5.74) is 9.27. The zero-order valence-corrected chi connectivity index (χ0v) is 45.6. The fourth-order valence-electron chi connectivity index (χ4n) is 13.1. The van der Waals surface area contributed by atoms with Crippen LogP contribution in [-0.4, -0.2) is 56.6 Å². The Bertz CT molecular complexity index is 4010. The zero-order valence-electron chi connectivity index (χ0n) is 45.6. The average Bonchev–Trinajstić information content (AvgIpc) is 4.12. The Morgan fingerprint density at radius 3 is 1.60 bits per heavy atom. The first-order valence-corrected chi connectivity index (χ1v) is 26.8. The Kier molecular flexibility index (Phi) is 11.6. The van der Waals surface area contributed by atoms with Crippen LogP contribution in [0.15, 0.2) is 164 Å². The molecule has 1 unspecified atom stereocenters. The third kappa shape index (κ3) is 7.71. The van der Waals surface area contributed by atoms with E-state index in [1.54, 1.807) is 32.0 Å². The summed E-state index contributed by atoms with van der Waals surface area (Å²) in [6.07, 6.45) is 0.750. The number of amides is 6. The van der Waals surface area contributed by atoms with Crippen LogP contribution in [0.1, 0.15) is 168 Å². The van der Waals surface area contributed by atoms with Crippen LogP contribution < -0.4 is 15.5 Å². The minimum Gasteiger partial charge on any atom is -0.508 e. The van der Waals surface area contributed by atoms with E-state index in [4.69, 9.17) is 0 Å². The topological polar surface area (TPSA) is 173 Å². The van der Waals surface area contributed by atoms with Gasteiger partial charge < -0.3 is 20.8 Å². The molecule has 4 aliphatic rings. The van der Waals surface area contributed by atoms with Crippen LogP contribution in [0.3, 0.4) is 0 Å². The van der Waals surface area contributed by atoms with Crippen molar-refractivity contribution in [2.45, 2.75) is 89.5 Å². The quantitative estimate of drug-likeness (QED) is 0.103. The number of hydrogen-bond donors (Lipinski definition) is 4. The number of hydrogen-bond acceptors (Lipinski definition) is 8. The highest BCUT2D eigenvalue weighted by atomic mass is 16.3. The lowest BCUT2D eigenvalue weighted by atomic mass is 9.66. The van der Waals surface area contributed by atoms with Gasteiger partial charge >= 0.3 is 0 Å². The van der Waals surface area contributed by atoms with Gasteiger partial charge in [0.15, 0.2) is 0 Å². The number of aromatic hydroxyl groups is 2. The van der Waals surface area contributed by atoms with Crippen LogP contribution in [0, 0.1) is 0 Å². The summed E-state index contributed by atoms with van der Waals surface area (Å²) >= 11 is 0. The van der Waals surface area contributed by atoms with Crippen molar-refractivity contribution in [3.63, 3.8) is 0 Å². The Morgan fingerprint density at radius 2 is 1.00 bits per heavy atom. The van der Waals surface area contributed by atoms with Crippen LogP contribution in [0.5, 0.6) is 11.5 Å². The van der Waals surface area contributed by atoms with E-state index in [-0.39, 0.29) is 67.9 Å². The fourth-order valence-corrected chi connectivity index (χ4v) is 13.1. The van der Waals surface area contributed by atoms with Crippen molar-refractivity contribution in [3.05, 3.63) is 242 Å². The van der Waals surface area contributed by atoms with E-state index in [9.17, 15) is 39.0 Å². The first kappa shape index (κ1) is 51.3. The highest BCUT2D eigenvalue weighted by molar-refractivity contribution is 6.35. The Balaban J connectivity index is 0.815. The summed E-state index contributed by atoms with van der Waals surface area (Å²) in [6.45, 7) is 16.2. The average molecular weight is 1060 g/mol. The van der Waals surface area contributed by atoms with Crippen molar-refractivity contribution in [2.75, 3.05) is 15.5 Å². The third-order valence-electron chi connectivity index (χ3n) is 16.9. The normalized spacial score (nSPS) is 17.3. The summed E-state index contributed by atoms with van der Waals surface area (Å²) in [4.78, 5) is 84.9. The molecule has 0 fully saturated rings. The molecule has 12 nitrogen and oxygen atoms in total. The number of carbonyl (C=O) groups excluding carboxylic acids is 6. The van der Waals surface area contributed by atoms with Crippen molar-refractivity contribution in [1.29, 1.82) is 0 Å². The summed E-state index contributed by atoms with van der Waals surface area (Å²) in [5.74, 6) is -3.15. The molecule has 2 heterocycles. The SMILES string of the molecule is CC(C)N1C(=O)c2ccc(C(=O)Nc3ccc(C4(C)CC(C)(C)c5ccc(NC(=O)c6ccc7c(c6)C(=O)N(c6cc(C8(c9ccc(O)c(C(C)(C)C)c9)c9ccccc9-c9ccccc98)ccc6O)C7=O)cc54)cc3)cc2C1=O. The second kappa shape index (κ2) is 18.1. The van der Waals surface area contributed by atoms with Crippen molar-refractivity contribution in [2.24, 2.45) is 0 Å². The van der Waals surface area contributed by atoms with E-state index in [0.717, 1.165) is 61.4 Å². The Labute approximate surface area is 463 Å². The van der Waals surface area contributed by atoms with Gasteiger partial charge in [-0.25, -0.2) is 4.90 Å². The summed E-state index contributed by atoms with van der Waals surface area (Å²) in [6, 6.07) is 49.0. The number of phenolic OH excluding ortho intramolecular Hbond substituents is 2. The van der Waals surface area contributed by atoms with Crippen molar-refractivity contribution < 1.29 is 39.0 Å². The summed E-state index contributed by atoms with van der Waals surface area (Å²) < 4.78 is 0. The highest BCUT2D eigenvalue weighted by Gasteiger charge is 2.49. The number of imide groups is 2. The third-order valence-corrected chi connectivity index (χ3v) is 16.9. The van der Waals surface area contributed by atoms with Crippen LogP contribution in [0.25, 0.3) is 11.1 Å². The van der Waals surface area contributed by atoms with Gasteiger partial charge in [0.25, 0.3) is 35.4 Å². The minimum absolute atomic E-state index is 0.00841. The molecule has 1 atom stereocenters. The molecule has 2 aliphatic heterocycles. The lowest BCUT2D eigenvalue weighted by molar-refractivity contribution is 0.0607. The monoisotopic (exact) mass is 1060 g/mol. The summed E-state index contributed by atoms with van der Waals surface area (Å²) in [5, 5.41) is 28.8. The number of phenols is 2. The molecule has 4 N–H and O–H groups in total. The number of fused-ring (bicyclic) bond motifs is 6. The Morgan fingerprint density at radius 1 is 0.500 bits per heavy atom. The van der Waals surface area contributed by atoms with Gasteiger partial charge in [0.1, 0.15) is 11.5 Å². The van der Waals surface area contributed by atoms with Crippen LogP contribution >= 0.6 is 0 Å². The second-order valence-corrected chi connectivity index (χ2v) is 23.7. The molecule has 0 spiro atoms. The largest absolute Gasteiger partial charge is 0.508 e. The number of nitrogens with zero attached hydrogens (tertiary/aromatic N) is 2. The molecule has 398 valence electrons. The van der Waals surface area contributed by atoms with Gasteiger partial charge in [-0.1, -0.05) is 126 Å². The predicted molar refractivity (Wildman–Crippen MR) is 308 cm³/mol. The van der Waals surface area contributed by atoms with Crippen LogP contribution in [-0.2, 0) is 21.7 Å². The Hall–Kier alpha value is -9.42. The van der Waals surface area contributed by atoms with E-state index in [1.165, 1.54) is 41.3 Å². The van der Waals surface area contributed by atoms with Gasteiger partial charge in [0, 0.05) is 34.0 Å². The van der Waals surface area contributed by atoms with Gasteiger partial charge in [-0.3, -0.25) is 33.7 Å². The van der Waals surface area contributed by atoms with Crippen molar-refractivity contribution in [3.8, 4) is 22.6 Å². The van der Waals surface area contributed by atoms with Crippen molar-refractivity contribution in [1.82, 2.24) is 4.90 Å². The molecular weight excluding hydrogens is 1000 g/mol. The summed E-state index contributed by atoms with van der Waals surface area (Å²) in [7, 11) is 0. The van der Waals surface area contributed by atoms with E-state index in [2.05, 4.69) is 55.7 Å². The maximum atomic E-state index is 14.7. The van der Waals surface area contributed by atoms with Gasteiger partial charge in [-0.15, -0.1) is 0 Å². The van der Waals surface area contributed by atoms with Gasteiger partial charge in [-0.2, -0.15) is 0 Å². The molecule has 8 aromatic rings. The van der Waals surface area contributed by atoms with Gasteiger partial charge in [-0.05, 0) is 166 Å². The van der Waals surface area contributed by atoms with Crippen molar-refractivity contribution >= 4 is 52.5 Å². The first-order valence-electron chi connectivity index (χ1n) is 26.8. The van der Waals surface area contributed by atoms with E-state index in [0.29, 0.717) is 16.9 Å². The molecule has 6 amide bonds. The second-order valence-electron chi connectivity index (χ2n) is 23.7. The fraction of sp³-hybridized carbons (Fsp3) is 0.206. The van der Waals surface area contributed by atoms with E-state index in [1.807, 2.05) is 106 Å². The molecular formula is C68H58N4O8. The molecule has 12 rings (SSSR count). The first-order chi connectivity index (χ1) is 38.0. The molecule has 12 heteroatoms. The number of benzene rings is 8. The number of carbonyl (C=O) groups is 6. The van der Waals surface area contributed by atoms with Gasteiger partial charge in [0.05, 0.1) is 33.4 Å². The lowest BCUT2D eigenvalue weighted by Gasteiger charge is -2.35. The lowest BCUT2D eigenvalue weighted by Crippen LogP contribution is -2.35.